The van der Waals surface area contributed by atoms with E-state index < -0.39 is 23.1 Å². The van der Waals surface area contributed by atoms with Gasteiger partial charge >= 0.3 is 0 Å². The normalized spacial score (nSPS) is 10.6. The number of nitrogens with one attached hydrogen (secondary N) is 1. The summed E-state index contributed by atoms with van der Waals surface area (Å²) in [5.41, 5.74) is 4.39. The Kier molecular flexibility index (Phi) is 4.39. The number of nitrogens with two attached hydrogens (primary N) is 1. The molecule has 0 aliphatic carbocycles. The second-order valence-electron chi connectivity index (χ2n) is 3.88. The average Bonchev–Trinajstić information content (AvgIpc) is 2.23. The molecule has 1 amide bonds. The molecule has 0 saturated heterocycles. The number of nitrogen functional groups attached to an aromatic ring is 1. The third-order valence-corrected chi connectivity index (χ3v) is 2.19. The predicted molar refractivity (Wildman–Crippen MR) is 61.7 cm³/mol. The lowest BCUT2D eigenvalue weighted by molar-refractivity contribution is 0.0942. The van der Waals surface area contributed by atoms with Crippen LogP contribution in [0.25, 0.3) is 0 Å². The molecule has 3 N–H and O–H groups in total. The van der Waals surface area contributed by atoms with Crippen LogP contribution in [0, 0.1) is 11.6 Å². The first-order chi connectivity index (χ1) is 7.93. The molecule has 0 spiro atoms. The molecule has 0 aliphatic heterocycles. The van der Waals surface area contributed by atoms with Crippen molar-refractivity contribution in [2.45, 2.75) is 0 Å². The van der Waals surface area contributed by atoms with Crippen molar-refractivity contribution in [2.24, 2.45) is 0 Å². The molecule has 17 heavy (non-hydrogen) atoms. The van der Waals surface area contributed by atoms with Crippen molar-refractivity contribution in [1.82, 2.24) is 10.2 Å². The highest BCUT2D eigenvalue weighted by molar-refractivity contribution is 5.95. The summed E-state index contributed by atoms with van der Waals surface area (Å²) in [5.74, 6) is -2.74. The van der Waals surface area contributed by atoms with Gasteiger partial charge in [-0.15, -0.1) is 0 Å². The van der Waals surface area contributed by atoms with E-state index in [1.54, 1.807) is 0 Å². The first-order valence-corrected chi connectivity index (χ1v) is 5.10. The van der Waals surface area contributed by atoms with Crippen LogP contribution < -0.4 is 11.1 Å². The van der Waals surface area contributed by atoms with Gasteiger partial charge in [0.25, 0.3) is 5.91 Å². The van der Waals surface area contributed by atoms with Gasteiger partial charge < -0.3 is 16.0 Å². The molecule has 0 saturated carbocycles. The minimum atomic E-state index is -1.02. The van der Waals surface area contributed by atoms with Crippen LogP contribution >= 0.6 is 0 Å². The van der Waals surface area contributed by atoms with E-state index in [1.807, 2.05) is 19.0 Å². The van der Waals surface area contributed by atoms with E-state index in [2.05, 4.69) is 5.32 Å². The van der Waals surface area contributed by atoms with Gasteiger partial charge in [-0.1, -0.05) is 0 Å². The van der Waals surface area contributed by atoms with Gasteiger partial charge in [0.15, 0.2) is 5.82 Å². The molecule has 4 nitrogen and oxygen atoms in total. The lowest BCUT2D eigenvalue weighted by Gasteiger charge is -2.11. The average molecular weight is 243 g/mol. The summed E-state index contributed by atoms with van der Waals surface area (Å²) < 4.78 is 26.8. The molecule has 0 atom stereocenters. The van der Waals surface area contributed by atoms with Gasteiger partial charge in [0.1, 0.15) is 11.4 Å². The number of rotatable bonds is 4. The number of hydrogen-bond donors (Lipinski definition) is 2. The zero-order valence-electron chi connectivity index (χ0n) is 9.76. The number of halogens is 2. The fourth-order valence-corrected chi connectivity index (χ4v) is 1.26. The molecule has 0 aromatic heterocycles. The van der Waals surface area contributed by atoms with E-state index in [1.165, 1.54) is 0 Å². The molecule has 1 aromatic rings. The summed E-state index contributed by atoms with van der Waals surface area (Å²) in [4.78, 5) is 13.4. The molecule has 0 aliphatic rings. The molecular formula is C11H15F2N3O. The fourth-order valence-electron chi connectivity index (χ4n) is 1.26. The summed E-state index contributed by atoms with van der Waals surface area (Å²) in [6, 6.07) is 2.06. The standard InChI is InChI=1S/C11H15F2N3O/c1-16(2)6-5-15-11(17)9-7(12)3-4-8(14)10(9)13/h3-4H,5-6,14H2,1-2H3,(H,15,17). The van der Waals surface area contributed by atoms with Crippen LogP contribution in [0.4, 0.5) is 14.5 Å². The van der Waals surface area contributed by atoms with Gasteiger partial charge in [0.2, 0.25) is 0 Å². The van der Waals surface area contributed by atoms with Crippen molar-refractivity contribution in [3.63, 3.8) is 0 Å². The number of hydrogen-bond acceptors (Lipinski definition) is 3. The van der Waals surface area contributed by atoms with Gasteiger partial charge in [-0.2, -0.15) is 0 Å². The van der Waals surface area contributed by atoms with Crippen molar-refractivity contribution < 1.29 is 13.6 Å². The molecule has 1 rings (SSSR count). The Balaban J connectivity index is 2.79. The van der Waals surface area contributed by atoms with E-state index >= 15 is 0 Å². The summed E-state index contributed by atoms with van der Waals surface area (Å²) in [7, 11) is 3.65. The zero-order valence-corrected chi connectivity index (χ0v) is 9.76. The quantitative estimate of drug-likeness (QED) is 0.770. The van der Waals surface area contributed by atoms with E-state index in [-0.39, 0.29) is 5.69 Å². The fraction of sp³-hybridized carbons (Fsp3) is 0.364. The Hall–Kier alpha value is -1.69. The second-order valence-corrected chi connectivity index (χ2v) is 3.88. The Labute approximate surface area is 98.4 Å². The molecular weight excluding hydrogens is 228 g/mol. The van der Waals surface area contributed by atoms with Crippen molar-refractivity contribution in [3.8, 4) is 0 Å². The minimum Gasteiger partial charge on any atom is -0.396 e. The van der Waals surface area contributed by atoms with Crippen LogP contribution in [-0.2, 0) is 0 Å². The van der Waals surface area contributed by atoms with E-state index in [9.17, 15) is 13.6 Å². The summed E-state index contributed by atoms with van der Waals surface area (Å²) in [6.45, 7) is 0.886. The molecule has 0 heterocycles. The van der Waals surface area contributed by atoms with Gasteiger partial charge in [-0.3, -0.25) is 4.79 Å². The molecule has 6 heteroatoms. The van der Waals surface area contributed by atoms with Crippen molar-refractivity contribution in [3.05, 3.63) is 29.3 Å². The number of nitrogens with zero attached hydrogens (tertiary/aromatic N) is 1. The van der Waals surface area contributed by atoms with Crippen LogP contribution in [0.1, 0.15) is 10.4 Å². The molecule has 1 aromatic carbocycles. The van der Waals surface area contributed by atoms with Gasteiger partial charge in [-0.05, 0) is 26.2 Å². The summed E-state index contributed by atoms with van der Waals surface area (Å²) in [6.07, 6.45) is 0. The van der Waals surface area contributed by atoms with Gasteiger partial charge in [0.05, 0.1) is 5.69 Å². The maximum Gasteiger partial charge on any atom is 0.257 e. The third-order valence-electron chi connectivity index (χ3n) is 2.19. The number of likely N-dealkylation sites (N-methyl/N-ethyl adjacent to an activating group) is 1. The lowest BCUT2D eigenvalue weighted by atomic mass is 10.1. The number of carbonyl (C=O) groups excluding carboxylic acids is 1. The SMILES string of the molecule is CN(C)CCNC(=O)c1c(F)ccc(N)c1F. The summed E-state index contributed by atoms with van der Waals surface area (Å²) in [5, 5.41) is 2.42. The Morgan fingerprint density at radius 3 is 2.65 bits per heavy atom. The van der Waals surface area contributed by atoms with Crippen LogP contribution in [0.15, 0.2) is 12.1 Å². The van der Waals surface area contributed by atoms with Crippen LogP contribution in [-0.4, -0.2) is 38.0 Å². The monoisotopic (exact) mass is 243 g/mol. The van der Waals surface area contributed by atoms with Crippen LogP contribution in [0.5, 0.6) is 0 Å². The zero-order chi connectivity index (χ0) is 13.0. The van der Waals surface area contributed by atoms with Crippen molar-refractivity contribution >= 4 is 11.6 Å². The number of carbonyl (C=O) groups is 1. The molecule has 0 fully saturated rings. The number of benzene rings is 1. The lowest BCUT2D eigenvalue weighted by Crippen LogP contribution is -2.32. The van der Waals surface area contributed by atoms with Gasteiger partial charge in [0, 0.05) is 13.1 Å². The number of anilines is 1. The van der Waals surface area contributed by atoms with E-state index in [0.29, 0.717) is 13.1 Å². The summed E-state index contributed by atoms with van der Waals surface area (Å²) >= 11 is 0. The third kappa shape index (κ3) is 3.39. The highest BCUT2D eigenvalue weighted by Crippen LogP contribution is 2.18. The highest BCUT2D eigenvalue weighted by atomic mass is 19.1. The Morgan fingerprint density at radius 1 is 1.41 bits per heavy atom. The molecule has 0 bridgehead atoms. The Bertz CT molecular complexity index is 421. The maximum absolute atomic E-state index is 13.5. The minimum absolute atomic E-state index is 0.246. The molecule has 0 radical (unpaired) electrons. The van der Waals surface area contributed by atoms with Crippen molar-refractivity contribution in [1.29, 1.82) is 0 Å². The smallest absolute Gasteiger partial charge is 0.257 e. The van der Waals surface area contributed by atoms with E-state index in [4.69, 9.17) is 5.73 Å². The maximum atomic E-state index is 13.5. The highest BCUT2D eigenvalue weighted by Gasteiger charge is 2.18. The Morgan fingerprint density at radius 2 is 2.06 bits per heavy atom. The second kappa shape index (κ2) is 5.58. The molecule has 0 unspecified atom stereocenters. The van der Waals surface area contributed by atoms with Crippen molar-refractivity contribution in [2.75, 3.05) is 32.9 Å². The van der Waals surface area contributed by atoms with Gasteiger partial charge in [-0.25, -0.2) is 8.78 Å². The predicted octanol–water partition coefficient (Wildman–Crippen LogP) is 0.838. The van der Waals surface area contributed by atoms with Crippen LogP contribution in [0.2, 0.25) is 0 Å². The largest absolute Gasteiger partial charge is 0.396 e. The molecule has 94 valence electrons. The van der Waals surface area contributed by atoms with E-state index in [0.717, 1.165) is 12.1 Å². The topological polar surface area (TPSA) is 58.4 Å². The number of amides is 1. The first-order valence-electron chi connectivity index (χ1n) is 5.10. The van der Waals surface area contributed by atoms with Crippen LogP contribution in [0.3, 0.4) is 0 Å². The first kappa shape index (κ1) is 13.4.